The highest BCUT2D eigenvalue weighted by Crippen LogP contribution is 2.15. The molecule has 4 heteroatoms. The second kappa shape index (κ2) is 3.56. The van der Waals surface area contributed by atoms with Gasteiger partial charge in [0.15, 0.2) is 6.10 Å². The topological polar surface area (TPSA) is 46.6 Å². The van der Waals surface area contributed by atoms with Gasteiger partial charge in [-0.15, -0.1) is 0 Å². The van der Waals surface area contributed by atoms with Gasteiger partial charge in [0.05, 0.1) is 0 Å². The number of likely N-dealkylation sites (N-methyl/N-ethyl adjacent to an activating group) is 1. The molecule has 0 aliphatic carbocycles. The molecular formula is C8H13NO3. The molecule has 1 amide bonds. The Kier molecular flexibility index (Phi) is 2.68. The first-order valence-corrected chi connectivity index (χ1v) is 4.09. The van der Waals surface area contributed by atoms with Gasteiger partial charge in [-0.1, -0.05) is 0 Å². The molecule has 0 aromatic carbocycles. The molecule has 0 saturated carbocycles. The number of cyclic esters (lactones) is 1. The average Bonchev–Trinajstić information content (AvgIpc) is 2.49. The third-order valence-electron chi connectivity index (χ3n) is 2.01. The van der Waals surface area contributed by atoms with Crippen LogP contribution >= 0.6 is 0 Å². The highest BCUT2D eigenvalue weighted by Gasteiger charge is 2.31. The van der Waals surface area contributed by atoms with Crippen LogP contribution < -0.4 is 0 Å². The molecule has 0 N–H and O–H groups in total. The van der Waals surface area contributed by atoms with Crippen molar-refractivity contribution in [2.24, 2.45) is 0 Å². The number of hydrogen-bond acceptors (Lipinski definition) is 3. The number of amides is 1. The van der Waals surface area contributed by atoms with Crippen molar-refractivity contribution in [3.63, 3.8) is 0 Å². The van der Waals surface area contributed by atoms with Crippen LogP contribution in [0.5, 0.6) is 0 Å². The predicted molar refractivity (Wildman–Crippen MR) is 42.4 cm³/mol. The van der Waals surface area contributed by atoms with E-state index in [1.54, 1.807) is 11.9 Å². The molecule has 12 heavy (non-hydrogen) atoms. The van der Waals surface area contributed by atoms with Crippen LogP contribution in [0.2, 0.25) is 0 Å². The van der Waals surface area contributed by atoms with Crippen LogP contribution in [-0.4, -0.2) is 36.5 Å². The van der Waals surface area contributed by atoms with Crippen LogP contribution in [0.3, 0.4) is 0 Å². The minimum Gasteiger partial charge on any atom is -0.452 e. The summed E-state index contributed by atoms with van der Waals surface area (Å²) in [5.41, 5.74) is 0. The molecule has 1 rings (SSSR count). The van der Waals surface area contributed by atoms with Gasteiger partial charge in [-0.05, 0) is 6.92 Å². The lowest BCUT2D eigenvalue weighted by atomic mass is 10.2. The number of carbonyl (C=O) groups is 2. The molecule has 1 heterocycles. The Bertz CT molecular complexity index is 202. The molecule has 0 aromatic rings. The molecule has 1 saturated heterocycles. The van der Waals surface area contributed by atoms with E-state index in [1.165, 1.54) is 0 Å². The summed E-state index contributed by atoms with van der Waals surface area (Å²) in [4.78, 5) is 23.6. The summed E-state index contributed by atoms with van der Waals surface area (Å²) in [5, 5.41) is 0. The maximum Gasteiger partial charge on any atom is 0.306 e. The second-order valence-corrected chi connectivity index (χ2v) is 2.87. The van der Waals surface area contributed by atoms with Gasteiger partial charge in [0, 0.05) is 26.4 Å². The summed E-state index contributed by atoms with van der Waals surface area (Å²) in [5.74, 6) is -0.360. The lowest BCUT2D eigenvalue weighted by Gasteiger charge is -2.17. The van der Waals surface area contributed by atoms with Crippen molar-refractivity contribution in [3.8, 4) is 0 Å². The van der Waals surface area contributed by atoms with Gasteiger partial charge in [-0.25, -0.2) is 0 Å². The van der Waals surface area contributed by atoms with Gasteiger partial charge < -0.3 is 9.64 Å². The SMILES string of the molecule is CCN(C)C(=O)C1CCC(=O)O1. The molecule has 0 spiro atoms. The van der Waals surface area contributed by atoms with Gasteiger partial charge in [-0.2, -0.15) is 0 Å². The first kappa shape index (κ1) is 9.03. The summed E-state index contributed by atoms with van der Waals surface area (Å²) >= 11 is 0. The monoisotopic (exact) mass is 171 g/mol. The summed E-state index contributed by atoms with van der Waals surface area (Å²) in [6, 6.07) is 0. The van der Waals surface area contributed by atoms with Crippen molar-refractivity contribution in [1.82, 2.24) is 4.90 Å². The van der Waals surface area contributed by atoms with Crippen LogP contribution in [0.25, 0.3) is 0 Å². The fraction of sp³-hybridized carbons (Fsp3) is 0.750. The standard InChI is InChI=1S/C8H13NO3/c1-3-9(2)8(11)6-4-5-7(10)12-6/h6H,3-5H2,1-2H3. The Labute approximate surface area is 71.5 Å². The van der Waals surface area contributed by atoms with Crippen molar-refractivity contribution < 1.29 is 14.3 Å². The molecule has 1 unspecified atom stereocenters. The normalized spacial score (nSPS) is 22.2. The molecule has 0 radical (unpaired) electrons. The Morgan fingerprint density at radius 1 is 1.75 bits per heavy atom. The van der Waals surface area contributed by atoms with Crippen molar-refractivity contribution in [2.75, 3.05) is 13.6 Å². The van der Waals surface area contributed by atoms with Crippen LogP contribution in [0.4, 0.5) is 0 Å². The van der Waals surface area contributed by atoms with Crippen molar-refractivity contribution in [2.45, 2.75) is 25.9 Å². The molecule has 1 fully saturated rings. The zero-order chi connectivity index (χ0) is 9.14. The van der Waals surface area contributed by atoms with Crippen molar-refractivity contribution in [1.29, 1.82) is 0 Å². The number of hydrogen-bond donors (Lipinski definition) is 0. The van der Waals surface area contributed by atoms with Gasteiger partial charge >= 0.3 is 5.97 Å². The van der Waals surface area contributed by atoms with Crippen LogP contribution in [0.15, 0.2) is 0 Å². The van der Waals surface area contributed by atoms with Gasteiger partial charge in [0.1, 0.15) is 0 Å². The average molecular weight is 171 g/mol. The third-order valence-corrected chi connectivity index (χ3v) is 2.01. The fourth-order valence-electron chi connectivity index (χ4n) is 1.10. The van der Waals surface area contributed by atoms with Crippen molar-refractivity contribution in [3.05, 3.63) is 0 Å². The second-order valence-electron chi connectivity index (χ2n) is 2.87. The summed E-state index contributed by atoms with van der Waals surface area (Å²) in [6.07, 6.45) is 0.373. The smallest absolute Gasteiger partial charge is 0.306 e. The van der Waals surface area contributed by atoms with E-state index in [-0.39, 0.29) is 11.9 Å². The molecule has 1 atom stereocenters. The fourth-order valence-corrected chi connectivity index (χ4v) is 1.10. The maximum atomic E-state index is 11.4. The minimum absolute atomic E-state index is 0.0941. The molecule has 68 valence electrons. The highest BCUT2D eigenvalue weighted by molar-refractivity contribution is 5.86. The largest absolute Gasteiger partial charge is 0.452 e. The van der Waals surface area contributed by atoms with E-state index in [1.807, 2.05) is 6.92 Å². The third kappa shape index (κ3) is 1.75. The van der Waals surface area contributed by atoms with Crippen molar-refractivity contribution >= 4 is 11.9 Å². The Hall–Kier alpha value is -1.06. The quantitative estimate of drug-likeness (QED) is 0.556. The summed E-state index contributed by atoms with van der Waals surface area (Å²) in [7, 11) is 1.70. The zero-order valence-corrected chi connectivity index (χ0v) is 7.37. The predicted octanol–water partition coefficient (Wildman–Crippen LogP) is 0.170. The summed E-state index contributed by atoms with van der Waals surface area (Å²) < 4.78 is 4.82. The number of nitrogens with zero attached hydrogens (tertiary/aromatic N) is 1. The lowest BCUT2D eigenvalue weighted by molar-refractivity contribution is -0.152. The number of carbonyl (C=O) groups excluding carboxylic acids is 2. The van der Waals surface area contributed by atoms with E-state index >= 15 is 0 Å². The minimum atomic E-state index is -0.526. The number of esters is 1. The van der Waals surface area contributed by atoms with Gasteiger partial charge in [0.25, 0.3) is 5.91 Å². The Balaban J connectivity index is 2.48. The Morgan fingerprint density at radius 2 is 2.42 bits per heavy atom. The molecule has 1 aliphatic heterocycles. The summed E-state index contributed by atoms with van der Waals surface area (Å²) in [6.45, 7) is 2.53. The van der Waals surface area contributed by atoms with E-state index in [0.717, 1.165) is 0 Å². The first-order chi connectivity index (χ1) is 5.65. The number of rotatable bonds is 2. The van der Waals surface area contributed by atoms with Crippen LogP contribution in [-0.2, 0) is 14.3 Å². The van der Waals surface area contributed by atoms with Crippen LogP contribution in [0.1, 0.15) is 19.8 Å². The molecule has 0 aromatic heterocycles. The number of ether oxygens (including phenoxy) is 1. The molecular weight excluding hydrogens is 158 g/mol. The lowest BCUT2D eigenvalue weighted by Crippen LogP contribution is -2.35. The van der Waals surface area contributed by atoms with E-state index in [2.05, 4.69) is 0 Å². The molecule has 0 bridgehead atoms. The van der Waals surface area contributed by atoms with Gasteiger partial charge in [-0.3, -0.25) is 9.59 Å². The zero-order valence-electron chi connectivity index (χ0n) is 7.37. The van der Waals surface area contributed by atoms with Gasteiger partial charge in [0.2, 0.25) is 0 Å². The molecule has 4 nitrogen and oxygen atoms in total. The first-order valence-electron chi connectivity index (χ1n) is 4.09. The van der Waals surface area contributed by atoms with E-state index < -0.39 is 6.10 Å². The van der Waals surface area contributed by atoms with E-state index in [0.29, 0.717) is 19.4 Å². The van der Waals surface area contributed by atoms with Crippen LogP contribution in [0, 0.1) is 0 Å². The Morgan fingerprint density at radius 3 is 2.83 bits per heavy atom. The highest BCUT2D eigenvalue weighted by atomic mass is 16.6. The molecule has 1 aliphatic rings. The van der Waals surface area contributed by atoms with E-state index in [9.17, 15) is 9.59 Å². The maximum absolute atomic E-state index is 11.4. The van der Waals surface area contributed by atoms with E-state index in [4.69, 9.17) is 4.74 Å².